The number of nitrogens with one attached hydrogen (secondary N) is 2. The lowest BCUT2D eigenvalue weighted by atomic mass is 9.75. The lowest BCUT2D eigenvalue weighted by molar-refractivity contribution is -0.138. The van der Waals surface area contributed by atoms with Gasteiger partial charge in [0.25, 0.3) is 11.5 Å². The molecule has 2 rings (SSSR count). The van der Waals surface area contributed by atoms with Crippen LogP contribution in [0.15, 0.2) is 10.9 Å². The van der Waals surface area contributed by atoms with Crippen LogP contribution in [0.25, 0.3) is 0 Å². The van der Waals surface area contributed by atoms with E-state index in [1.807, 2.05) is 13.8 Å². The third kappa shape index (κ3) is 3.08. The van der Waals surface area contributed by atoms with Crippen molar-refractivity contribution >= 4 is 17.7 Å². The maximum Gasteiger partial charge on any atom is 0.325 e. The smallest absolute Gasteiger partial charge is 0.325 e. The molecule has 1 heterocycles. The van der Waals surface area contributed by atoms with Gasteiger partial charge in [-0.05, 0) is 24.8 Å². The number of aromatic amines is 1. The molecule has 0 saturated carbocycles. The average Bonchev–Trinajstić information content (AvgIpc) is 2.35. The molecule has 0 aliphatic heterocycles. The van der Waals surface area contributed by atoms with Gasteiger partial charge < -0.3 is 15.4 Å². The predicted octanol–water partition coefficient (Wildman–Crippen LogP) is 0.733. The summed E-state index contributed by atoms with van der Waals surface area (Å²) in [6.45, 7) is 5.16. The number of H-pyrrole nitrogens is 1. The molecule has 7 heteroatoms. The van der Waals surface area contributed by atoms with Gasteiger partial charge in [0.15, 0.2) is 5.78 Å². The van der Waals surface area contributed by atoms with E-state index in [4.69, 9.17) is 5.11 Å². The van der Waals surface area contributed by atoms with Crippen molar-refractivity contribution in [2.75, 3.05) is 0 Å². The van der Waals surface area contributed by atoms with Crippen molar-refractivity contribution < 1.29 is 19.5 Å². The molecule has 0 unspecified atom stereocenters. The van der Waals surface area contributed by atoms with Crippen LogP contribution in [-0.4, -0.2) is 33.8 Å². The molecule has 0 aromatic carbocycles. The van der Waals surface area contributed by atoms with Gasteiger partial charge in [0.2, 0.25) is 0 Å². The third-order valence-corrected chi connectivity index (χ3v) is 3.68. The molecular formula is C15H18N2O5. The highest BCUT2D eigenvalue weighted by molar-refractivity contribution is 6.02. The SMILES string of the molecule is C[C@@H](NC(=O)c1cc2c([nH]c1=O)CC(C)(C)CC2=O)C(=O)O. The van der Waals surface area contributed by atoms with Crippen LogP contribution in [0.3, 0.4) is 0 Å². The average molecular weight is 306 g/mol. The molecule has 1 amide bonds. The van der Waals surface area contributed by atoms with Crippen molar-refractivity contribution in [2.45, 2.75) is 39.7 Å². The Hall–Kier alpha value is -2.44. The fourth-order valence-corrected chi connectivity index (χ4v) is 2.53. The minimum absolute atomic E-state index is 0.136. The molecule has 1 aromatic rings. The zero-order chi connectivity index (χ0) is 16.7. The molecule has 118 valence electrons. The monoisotopic (exact) mass is 306 g/mol. The van der Waals surface area contributed by atoms with Crippen molar-refractivity contribution in [1.29, 1.82) is 0 Å². The van der Waals surface area contributed by atoms with Crippen molar-refractivity contribution in [1.82, 2.24) is 10.3 Å². The van der Waals surface area contributed by atoms with E-state index in [1.54, 1.807) is 0 Å². The van der Waals surface area contributed by atoms with Crippen LogP contribution < -0.4 is 10.9 Å². The van der Waals surface area contributed by atoms with Gasteiger partial charge in [0.05, 0.1) is 0 Å². The number of hydrogen-bond donors (Lipinski definition) is 3. The summed E-state index contributed by atoms with van der Waals surface area (Å²) < 4.78 is 0. The van der Waals surface area contributed by atoms with Gasteiger partial charge in [-0.1, -0.05) is 13.8 Å². The first-order valence-corrected chi connectivity index (χ1v) is 6.94. The lowest BCUT2D eigenvalue weighted by Gasteiger charge is -2.29. The van der Waals surface area contributed by atoms with Crippen LogP contribution in [-0.2, 0) is 11.2 Å². The normalized spacial score (nSPS) is 17.5. The van der Waals surface area contributed by atoms with Crippen LogP contribution in [0, 0.1) is 5.41 Å². The maximum absolute atomic E-state index is 12.2. The van der Waals surface area contributed by atoms with Crippen LogP contribution in [0.1, 0.15) is 53.6 Å². The summed E-state index contributed by atoms with van der Waals surface area (Å²) in [5, 5.41) is 11.0. The third-order valence-electron chi connectivity index (χ3n) is 3.68. The first kappa shape index (κ1) is 15.9. The van der Waals surface area contributed by atoms with E-state index >= 15 is 0 Å². The second-order valence-electron chi connectivity index (χ2n) is 6.38. The number of rotatable bonds is 3. The highest BCUT2D eigenvalue weighted by atomic mass is 16.4. The first-order chi connectivity index (χ1) is 10.1. The Labute approximate surface area is 126 Å². The molecular weight excluding hydrogens is 288 g/mol. The molecule has 1 aliphatic rings. The summed E-state index contributed by atoms with van der Waals surface area (Å²) in [4.78, 5) is 49.5. The van der Waals surface area contributed by atoms with Crippen molar-refractivity contribution in [3.05, 3.63) is 33.2 Å². The number of carboxylic acid groups (broad SMARTS) is 1. The van der Waals surface area contributed by atoms with E-state index < -0.39 is 23.5 Å². The summed E-state index contributed by atoms with van der Waals surface area (Å²) >= 11 is 0. The van der Waals surface area contributed by atoms with E-state index in [9.17, 15) is 19.2 Å². The Kier molecular flexibility index (Phi) is 3.91. The minimum atomic E-state index is -1.21. The Morgan fingerprint density at radius 2 is 1.95 bits per heavy atom. The van der Waals surface area contributed by atoms with E-state index in [0.717, 1.165) is 0 Å². The Morgan fingerprint density at radius 3 is 2.55 bits per heavy atom. The standard InChI is InChI=1S/C15H18N2O5/c1-7(14(21)22)16-12(19)9-4-8-10(17-13(9)20)5-15(2,3)6-11(8)18/h4,7H,5-6H2,1-3H3,(H,16,19)(H,17,20)(H,21,22)/t7-/m1/s1. The van der Waals surface area contributed by atoms with Gasteiger partial charge in [-0.2, -0.15) is 0 Å². The zero-order valence-electron chi connectivity index (χ0n) is 12.6. The zero-order valence-corrected chi connectivity index (χ0v) is 12.6. The van der Waals surface area contributed by atoms with Gasteiger partial charge in [0, 0.05) is 17.7 Å². The van der Waals surface area contributed by atoms with Crippen LogP contribution in [0.2, 0.25) is 0 Å². The van der Waals surface area contributed by atoms with Gasteiger partial charge in [-0.25, -0.2) is 0 Å². The number of pyridine rings is 1. The summed E-state index contributed by atoms with van der Waals surface area (Å²) in [6.07, 6.45) is 0.870. The Morgan fingerprint density at radius 1 is 1.32 bits per heavy atom. The van der Waals surface area contributed by atoms with Gasteiger partial charge in [-0.3, -0.25) is 19.2 Å². The lowest BCUT2D eigenvalue weighted by Crippen LogP contribution is -2.41. The number of carbonyl (C=O) groups is 3. The first-order valence-electron chi connectivity index (χ1n) is 6.94. The molecule has 3 N–H and O–H groups in total. The largest absolute Gasteiger partial charge is 0.480 e. The van der Waals surface area contributed by atoms with Gasteiger partial charge >= 0.3 is 5.97 Å². The molecule has 0 radical (unpaired) electrons. The molecule has 1 aliphatic carbocycles. The number of ketones is 1. The number of Topliss-reactive ketones (excluding diaryl/α,β-unsaturated/α-hetero) is 1. The molecule has 1 atom stereocenters. The Balaban J connectivity index is 2.39. The van der Waals surface area contributed by atoms with Crippen molar-refractivity contribution in [3.8, 4) is 0 Å². The number of carboxylic acids is 1. The number of aliphatic carboxylic acids is 1. The van der Waals surface area contributed by atoms with Crippen LogP contribution in [0.4, 0.5) is 0 Å². The summed E-state index contributed by atoms with van der Waals surface area (Å²) in [7, 11) is 0. The molecule has 22 heavy (non-hydrogen) atoms. The summed E-state index contributed by atoms with van der Waals surface area (Å²) in [6, 6.07) is 0.132. The summed E-state index contributed by atoms with van der Waals surface area (Å²) in [5.41, 5.74) is -0.269. The fraction of sp³-hybridized carbons (Fsp3) is 0.467. The molecule has 0 fully saturated rings. The topological polar surface area (TPSA) is 116 Å². The second-order valence-corrected chi connectivity index (χ2v) is 6.38. The molecule has 0 spiro atoms. The van der Waals surface area contributed by atoms with Crippen LogP contribution >= 0.6 is 0 Å². The quantitative estimate of drug-likeness (QED) is 0.761. The molecule has 7 nitrogen and oxygen atoms in total. The van der Waals surface area contributed by atoms with Crippen molar-refractivity contribution in [3.63, 3.8) is 0 Å². The number of amides is 1. The molecule has 1 aromatic heterocycles. The van der Waals surface area contributed by atoms with E-state index in [0.29, 0.717) is 24.1 Å². The van der Waals surface area contributed by atoms with Gasteiger partial charge in [-0.15, -0.1) is 0 Å². The highest BCUT2D eigenvalue weighted by Crippen LogP contribution is 2.33. The Bertz CT molecular complexity index is 717. The van der Waals surface area contributed by atoms with E-state index in [1.165, 1.54) is 13.0 Å². The number of aromatic nitrogens is 1. The second kappa shape index (κ2) is 5.40. The minimum Gasteiger partial charge on any atom is -0.480 e. The van der Waals surface area contributed by atoms with Gasteiger partial charge in [0.1, 0.15) is 11.6 Å². The van der Waals surface area contributed by atoms with E-state index in [2.05, 4.69) is 10.3 Å². The maximum atomic E-state index is 12.2. The van der Waals surface area contributed by atoms with Crippen molar-refractivity contribution in [2.24, 2.45) is 5.41 Å². The number of fused-ring (bicyclic) bond motifs is 1. The fourth-order valence-electron chi connectivity index (χ4n) is 2.53. The highest BCUT2D eigenvalue weighted by Gasteiger charge is 2.32. The molecule has 0 saturated heterocycles. The predicted molar refractivity (Wildman–Crippen MR) is 78.1 cm³/mol. The number of carbonyl (C=O) groups excluding carboxylic acids is 2. The van der Waals surface area contributed by atoms with E-state index in [-0.39, 0.29) is 16.8 Å². The summed E-state index contributed by atoms with van der Waals surface area (Å²) in [5.74, 6) is -2.15. The molecule has 0 bridgehead atoms. The number of hydrogen-bond acceptors (Lipinski definition) is 4. The van der Waals surface area contributed by atoms with Crippen LogP contribution in [0.5, 0.6) is 0 Å².